The van der Waals surface area contributed by atoms with Crippen molar-refractivity contribution in [2.24, 2.45) is 11.7 Å². The third-order valence-corrected chi connectivity index (χ3v) is 4.09. The van der Waals surface area contributed by atoms with Gasteiger partial charge in [-0.15, -0.1) is 0 Å². The minimum absolute atomic E-state index is 0.0557. The molecule has 22 heavy (non-hydrogen) atoms. The number of hydrogen-bond donors (Lipinski definition) is 2. The topological polar surface area (TPSA) is 72.2 Å². The molecule has 1 aliphatic rings. The molecule has 2 amide bonds. The summed E-state index contributed by atoms with van der Waals surface area (Å²) in [4.78, 5) is 23.6. The highest BCUT2D eigenvalue weighted by molar-refractivity contribution is 5.87. The molecule has 1 aliphatic carbocycles. The maximum Gasteiger partial charge on any atom is 0.240 e. The van der Waals surface area contributed by atoms with Crippen LogP contribution in [0.2, 0.25) is 0 Å². The number of nitrogens with one attached hydrogen (secondary N) is 1. The Balaban J connectivity index is 1.98. The minimum atomic E-state index is -0.996. The van der Waals surface area contributed by atoms with Gasteiger partial charge in [0.2, 0.25) is 11.8 Å². The zero-order valence-electron chi connectivity index (χ0n) is 12.3. The lowest BCUT2D eigenvalue weighted by Crippen LogP contribution is -2.50. The fourth-order valence-electron chi connectivity index (χ4n) is 2.95. The van der Waals surface area contributed by atoms with Crippen LogP contribution in [0, 0.1) is 17.6 Å². The quantitative estimate of drug-likeness (QED) is 0.874. The number of carbonyl (C=O) groups is 2. The zero-order chi connectivity index (χ0) is 16.1. The highest BCUT2D eigenvalue weighted by Gasteiger charge is 2.29. The monoisotopic (exact) mass is 310 g/mol. The van der Waals surface area contributed by atoms with Gasteiger partial charge >= 0.3 is 0 Å². The lowest BCUT2D eigenvalue weighted by atomic mass is 9.83. The SMILES string of the molecule is NC(=O)[C@H](NC(=O)Cc1ccc(F)c(F)c1)C1CCCCC1. The van der Waals surface area contributed by atoms with E-state index in [1.165, 1.54) is 6.07 Å². The second kappa shape index (κ2) is 7.33. The normalized spacial score (nSPS) is 17.0. The van der Waals surface area contributed by atoms with Crippen LogP contribution in [0.3, 0.4) is 0 Å². The van der Waals surface area contributed by atoms with Crippen LogP contribution in [0.4, 0.5) is 8.78 Å². The van der Waals surface area contributed by atoms with E-state index in [2.05, 4.69) is 5.32 Å². The van der Waals surface area contributed by atoms with E-state index in [9.17, 15) is 18.4 Å². The lowest BCUT2D eigenvalue weighted by molar-refractivity contribution is -0.128. The van der Waals surface area contributed by atoms with Gasteiger partial charge in [-0.25, -0.2) is 8.78 Å². The average Bonchev–Trinajstić information content (AvgIpc) is 2.49. The summed E-state index contributed by atoms with van der Waals surface area (Å²) in [5.74, 6) is -2.86. The molecule has 120 valence electrons. The highest BCUT2D eigenvalue weighted by Crippen LogP contribution is 2.26. The van der Waals surface area contributed by atoms with Gasteiger partial charge in [-0.3, -0.25) is 9.59 Å². The van der Waals surface area contributed by atoms with Gasteiger partial charge < -0.3 is 11.1 Å². The summed E-state index contributed by atoms with van der Waals surface area (Å²) in [6.45, 7) is 0. The van der Waals surface area contributed by atoms with E-state index in [0.29, 0.717) is 5.56 Å². The predicted octanol–water partition coefficient (Wildman–Crippen LogP) is 2.06. The fourth-order valence-corrected chi connectivity index (χ4v) is 2.95. The van der Waals surface area contributed by atoms with Gasteiger partial charge in [-0.05, 0) is 36.5 Å². The van der Waals surface area contributed by atoms with Crippen LogP contribution in [0.1, 0.15) is 37.7 Å². The molecule has 0 aromatic heterocycles. The Morgan fingerprint density at radius 3 is 2.45 bits per heavy atom. The van der Waals surface area contributed by atoms with Gasteiger partial charge in [0.1, 0.15) is 6.04 Å². The molecule has 0 aliphatic heterocycles. The molecular weight excluding hydrogens is 290 g/mol. The number of halogens is 2. The standard InChI is InChI=1S/C16H20F2N2O2/c17-12-7-6-10(8-13(12)18)9-14(21)20-15(16(19)22)11-4-2-1-3-5-11/h6-8,11,15H,1-5,9H2,(H2,19,22)(H,20,21)/t15-/m1/s1. The van der Waals surface area contributed by atoms with Crippen molar-refractivity contribution in [1.29, 1.82) is 0 Å². The second-order valence-electron chi connectivity index (χ2n) is 5.77. The largest absolute Gasteiger partial charge is 0.368 e. The molecule has 1 saturated carbocycles. The lowest BCUT2D eigenvalue weighted by Gasteiger charge is -2.28. The van der Waals surface area contributed by atoms with Crippen molar-refractivity contribution in [3.8, 4) is 0 Å². The van der Waals surface area contributed by atoms with E-state index < -0.39 is 29.5 Å². The Bertz CT molecular complexity index is 557. The minimum Gasteiger partial charge on any atom is -0.368 e. The first kappa shape index (κ1) is 16.4. The number of nitrogens with two attached hydrogens (primary N) is 1. The Hall–Kier alpha value is -1.98. The third-order valence-electron chi connectivity index (χ3n) is 4.09. The number of amides is 2. The van der Waals surface area contributed by atoms with Crippen LogP contribution in [-0.4, -0.2) is 17.9 Å². The zero-order valence-corrected chi connectivity index (χ0v) is 12.3. The van der Waals surface area contributed by atoms with Gasteiger partial charge in [0.05, 0.1) is 6.42 Å². The summed E-state index contributed by atoms with van der Waals surface area (Å²) in [7, 11) is 0. The number of primary amides is 1. The van der Waals surface area contributed by atoms with Crippen molar-refractivity contribution >= 4 is 11.8 Å². The first-order valence-electron chi connectivity index (χ1n) is 7.50. The van der Waals surface area contributed by atoms with E-state index in [1.807, 2.05) is 0 Å². The summed E-state index contributed by atoms with van der Waals surface area (Å²) in [5, 5.41) is 2.64. The smallest absolute Gasteiger partial charge is 0.240 e. The molecule has 1 aromatic carbocycles. The summed E-state index contributed by atoms with van der Waals surface area (Å²) in [5.41, 5.74) is 5.74. The highest BCUT2D eigenvalue weighted by atomic mass is 19.2. The van der Waals surface area contributed by atoms with E-state index in [0.717, 1.165) is 44.2 Å². The number of rotatable bonds is 5. The third kappa shape index (κ3) is 4.26. The maximum atomic E-state index is 13.1. The molecule has 0 radical (unpaired) electrons. The number of hydrogen-bond acceptors (Lipinski definition) is 2. The van der Waals surface area contributed by atoms with E-state index in [4.69, 9.17) is 5.73 Å². The molecule has 0 bridgehead atoms. The number of carbonyl (C=O) groups excluding carboxylic acids is 2. The van der Waals surface area contributed by atoms with Crippen LogP contribution < -0.4 is 11.1 Å². The first-order chi connectivity index (χ1) is 10.5. The summed E-state index contributed by atoms with van der Waals surface area (Å²) >= 11 is 0. The van der Waals surface area contributed by atoms with Crippen LogP contribution in [0.25, 0.3) is 0 Å². The molecule has 4 nitrogen and oxygen atoms in total. The van der Waals surface area contributed by atoms with E-state index >= 15 is 0 Å². The molecular formula is C16H20F2N2O2. The molecule has 2 rings (SSSR count). The summed E-state index contributed by atoms with van der Waals surface area (Å²) < 4.78 is 26.0. The number of benzene rings is 1. The molecule has 1 aromatic rings. The van der Waals surface area contributed by atoms with Gasteiger partial charge in [0.25, 0.3) is 0 Å². The van der Waals surface area contributed by atoms with Crippen LogP contribution in [0.5, 0.6) is 0 Å². The van der Waals surface area contributed by atoms with Crippen molar-refractivity contribution in [2.45, 2.75) is 44.6 Å². The van der Waals surface area contributed by atoms with Crippen molar-refractivity contribution in [2.75, 3.05) is 0 Å². The maximum absolute atomic E-state index is 13.1. The van der Waals surface area contributed by atoms with Gasteiger partial charge in [0.15, 0.2) is 11.6 Å². The van der Waals surface area contributed by atoms with Crippen molar-refractivity contribution in [1.82, 2.24) is 5.32 Å². The van der Waals surface area contributed by atoms with Gasteiger partial charge in [-0.2, -0.15) is 0 Å². The van der Waals surface area contributed by atoms with E-state index in [-0.39, 0.29) is 12.3 Å². The predicted molar refractivity (Wildman–Crippen MR) is 77.8 cm³/mol. The summed E-state index contributed by atoms with van der Waals surface area (Å²) in [6.07, 6.45) is 4.78. The van der Waals surface area contributed by atoms with Crippen LogP contribution in [-0.2, 0) is 16.0 Å². The second-order valence-corrected chi connectivity index (χ2v) is 5.77. The molecule has 3 N–H and O–H groups in total. The molecule has 6 heteroatoms. The van der Waals surface area contributed by atoms with Crippen LogP contribution >= 0.6 is 0 Å². The Morgan fingerprint density at radius 1 is 1.18 bits per heavy atom. The Labute approximate surface area is 128 Å². The molecule has 0 saturated heterocycles. The molecule has 1 atom stereocenters. The van der Waals surface area contributed by atoms with E-state index in [1.54, 1.807) is 0 Å². The molecule has 1 fully saturated rings. The first-order valence-corrected chi connectivity index (χ1v) is 7.50. The Morgan fingerprint density at radius 2 is 1.86 bits per heavy atom. The average molecular weight is 310 g/mol. The van der Waals surface area contributed by atoms with Crippen LogP contribution in [0.15, 0.2) is 18.2 Å². The molecule has 0 spiro atoms. The van der Waals surface area contributed by atoms with Crippen molar-refractivity contribution in [3.05, 3.63) is 35.4 Å². The van der Waals surface area contributed by atoms with Gasteiger partial charge in [-0.1, -0.05) is 25.3 Å². The molecule has 0 heterocycles. The fraction of sp³-hybridized carbons (Fsp3) is 0.500. The summed E-state index contributed by atoms with van der Waals surface area (Å²) in [6, 6.07) is 2.61. The Kier molecular flexibility index (Phi) is 5.46. The van der Waals surface area contributed by atoms with Gasteiger partial charge in [0, 0.05) is 0 Å². The molecule has 0 unspecified atom stereocenters. The van der Waals surface area contributed by atoms with Crippen molar-refractivity contribution < 1.29 is 18.4 Å². The van der Waals surface area contributed by atoms with Crippen molar-refractivity contribution in [3.63, 3.8) is 0 Å².